The van der Waals surface area contributed by atoms with Crippen molar-refractivity contribution in [1.29, 1.82) is 0 Å². The highest BCUT2D eigenvalue weighted by Gasteiger charge is 2.20. The molecule has 2 N–H and O–H groups in total. The van der Waals surface area contributed by atoms with Gasteiger partial charge in [0, 0.05) is 12.0 Å². The van der Waals surface area contributed by atoms with Gasteiger partial charge in [0.2, 0.25) is 11.0 Å². The zero-order valence-electron chi connectivity index (χ0n) is 15.0. The van der Waals surface area contributed by atoms with E-state index < -0.39 is 5.25 Å². The lowest BCUT2D eigenvalue weighted by Crippen LogP contribution is -2.25. The number of nitrogens with zero attached hydrogens (tertiary/aromatic N) is 3. The molecule has 0 spiro atoms. The van der Waals surface area contributed by atoms with Crippen molar-refractivity contribution in [1.82, 2.24) is 20.2 Å². The normalized spacial score (nSPS) is 14.7. The summed E-state index contributed by atoms with van der Waals surface area (Å²) in [6.45, 7) is 3.92. The molecule has 0 saturated heterocycles. The number of fused-ring (bicyclic) bond motifs is 1. The summed E-state index contributed by atoms with van der Waals surface area (Å²) in [5.74, 6) is -0.173. The van der Waals surface area contributed by atoms with Crippen molar-refractivity contribution in [2.45, 2.75) is 69.2 Å². The molecule has 1 amide bonds. The van der Waals surface area contributed by atoms with Crippen LogP contribution in [0.25, 0.3) is 0 Å². The van der Waals surface area contributed by atoms with Gasteiger partial charge in [-0.05, 0) is 39.0 Å². The van der Waals surface area contributed by atoms with E-state index >= 15 is 0 Å². The van der Waals surface area contributed by atoms with E-state index in [9.17, 15) is 9.59 Å². The van der Waals surface area contributed by atoms with Crippen LogP contribution in [0.5, 0.6) is 0 Å². The van der Waals surface area contributed by atoms with Gasteiger partial charge in [0.05, 0.1) is 10.9 Å². The lowest BCUT2D eigenvalue weighted by atomic mass is 9.97. The molecule has 26 heavy (non-hydrogen) atoms. The number of carbonyl (C=O) groups is 1. The quantitative estimate of drug-likeness (QED) is 0.554. The molecular formula is C17H23N5O2S2. The molecule has 1 aliphatic carbocycles. The summed E-state index contributed by atoms with van der Waals surface area (Å²) in [5.41, 5.74) is 1.60. The van der Waals surface area contributed by atoms with E-state index in [1.165, 1.54) is 23.1 Å². The highest BCUT2D eigenvalue weighted by Crippen LogP contribution is 2.24. The number of carbonyl (C=O) groups excluding carboxylic acids is 1. The van der Waals surface area contributed by atoms with Gasteiger partial charge in [-0.1, -0.05) is 36.4 Å². The van der Waals surface area contributed by atoms with Crippen LogP contribution in [0.2, 0.25) is 0 Å². The molecule has 0 saturated carbocycles. The number of aromatic nitrogens is 4. The van der Waals surface area contributed by atoms with Crippen LogP contribution in [0.15, 0.2) is 9.95 Å². The smallest absolute Gasteiger partial charge is 0.254 e. The summed E-state index contributed by atoms with van der Waals surface area (Å²) in [5, 5.41) is 12.5. The Morgan fingerprint density at radius 1 is 1.35 bits per heavy atom. The minimum Gasteiger partial charge on any atom is -0.301 e. The van der Waals surface area contributed by atoms with Crippen molar-refractivity contribution in [2.24, 2.45) is 0 Å². The first-order valence-electron chi connectivity index (χ1n) is 8.98. The van der Waals surface area contributed by atoms with E-state index in [1.54, 1.807) is 6.92 Å². The van der Waals surface area contributed by atoms with E-state index in [1.807, 2.05) is 0 Å². The summed E-state index contributed by atoms with van der Waals surface area (Å²) in [6.07, 6.45) is 6.75. The number of unbranched alkanes of at least 4 members (excludes halogenated alkanes) is 1. The number of amides is 1. The van der Waals surface area contributed by atoms with Gasteiger partial charge in [-0.3, -0.25) is 14.9 Å². The van der Waals surface area contributed by atoms with Gasteiger partial charge in [0.25, 0.3) is 5.56 Å². The van der Waals surface area contributed by atoms with Crippen LogP contribution < -0.4 is 10.9 Å². The second-order valence-corrected chi connectivity index (χ2v) is 8.75. The third-order valence-corrected chi connectivity index (χ3v) is 6.15. The summed E-state index contributed by atoms with van der Waals surface area (Å²) in [4.78, 5) is 31.9. The Morgan fingerprint density at radius 3 is 2.96 bits per heavy atom. The Kier molecular flexibility index (Phi) is 6.42. The van der Waals surface area contributed by atoms with Gasteiger partial charge in [-0.25, -0.2) is 4.98 Å². The Hall–Kier alpha value is -1.74. The van der Waals surface area contributed by atoms with Crippen molar-refractivity contribution in [2.75, 3.05) is 5.32 Å². The van der Waals surface area contributed by atoms with E-state index in [-0.39, 0.29) is 11.5 Å². The number of H-pyrrole nitrogens is 1. The summed E-state index contributed by atoms with van der Waals surface area (Å²) in [7, 11) is 0. The molecule has 0 unspecified atom stereocenters. The highest BCUT2D eigenvalue weighted by molar-refractivity contribution is 8.00. The molecule has 1 aliphatic rings. The van der Waals surface area contributed by atoms with Gasteiger partial charge in [0.15, 0.2) is 5.16 Å². The van der Waals surface area contributed by atoms with E-state index in [0.29, 0.717) is 10.3 Å². The molecule has 0 aromatic carbocycles. The molecule has 0 aliphatic heterocycles. The fourth-order valence-corrected chi connectivity index (χ4v) is 4.40. The van der Waals surface area contributed by atoms with Crippen molar-refractivity contribution in [3.8, 4) is 0 Å². The second kappa shape index (κ2) is 8.77. The highest BCUT2D eigenvalue weighted by atomic mass is 32.2. The van der Waals surface area contributed by atoms with Gasteiger partial charge in [-0.15, -0.1) is 10.2 Å². The number of hydrogen-bond donors (Lipinski definition) is 2. The standard InChI is InChI=1S/C17H23N5O2S2/c1-3-4-9-13-21-22-17(26-13)19-14(23)10(2)25-16-18-12-8-6-5-7-11(12)15(24)20-16/h10H,3-9H2,1-2H3,(H,18,20,24)(H,19,22,23)/t10-/m1/s1. The summed E-state index contributed by atoms with van der Waals surface area (Å²) >= 11 is 2.67. The molecule has 2 aromatic rings. The zero-order valence-corrected chi connectivity index (χ0v) is 16.6. The van der Waals surface area contributed by atoms with Crippen LogP contribution in [0.1, 0.15) is 55.8 Å². The van der Waals surface area contributed by atoms with Crippen LogP contribution in [0.4, 0.5) is 5.13 Å². The Balaban J connectivity index is 1.61. The molecule has 0 radical (unpaired) electrons. The van der Waals surface area contributed by atoms with E-state index in [4.69, 9.17) is 0 Å². The molecule has 140 valence electrons. The number of aromatic amines is 1. The first kappa shape index (κ1) is 19.0. The van der Waals surface area contributed by atoms with E-state index in [0.717, 1.165) is 61.2 Å². The Morgan fingerprint density at radius 2 is 2.15 bits per heavy atom. The number of anilines is 1. The average molecular weight is 394 g/mol. The maximum Gasteiger partial charge on any atom is 0.254 e. The summed E-state index contributed by atoms with van der Waals surface area (Å²) < 4.78 is 0. The molecule has 2 aromatic heterocycles. The lowest BCUT2D eigenvalue weighted by Gasteiger charge is -2.15. The van der Waals surface area contributed by atoms with Crippen LogP contribution in [0, 0.1) is 0 Å². The predicted molar refractivity (Wildman–Crippen MR) is 104 cm³/mol. The zero-order chi connectivity index (χ0) is 18.5. The SMILES string of the molecule is CCCCc1nnc(NC(=O)[C@@H](C)Sc2nc3c(c(=O)[nH]2)CCCC3)s1. The number of aryl methyl sites for hydroxylation is 2. The van der Waals surface area contributed by atoms with Gasteiger partial charge in [0.1, 0.15) is 5.01 Å². The average Bonchev–Trinajstić information content (AvgIpc) is 3.07. The monoisotopic (exact) mass is 393 g/mol. The first-order valence-corrected chi connectivity index (χ1v) is 10.7. The van der Waals surface area contributed by atoms with Crippen LogP contribution >= 0.6 is 23.1 Å². The first-order chi connectivity index (χ1) is 12.6. The maximum atomic E-state index is 12.4. The molecule has 7 nitrogen and oxygen atoms in total. The third-order valence-electron chi connectivity index (χ3n) is 4.27. The van der Waals surface area contributed by atoms with Crippen molar-refractivity contribution < 1.29 is 4.79 Å². The summed E-state index contributed by atoms with van der Waals surface area (Å²) in [6, 6.07) is 0. The van der Waals surface area contributed by atoms with Gasteiger partial charge < -0.3 is 4.98 Å². The molecule has 1 atom stereocenters. The molecule has 9 heteroatoms. The van der Waals surface area contributed by atoms with Gasteiger partial charge in [-0.2, -0.15) is 0 Å². The fourth-order valence-electron chi connectivity index (χ4n) is 2.80. The van der Waals surface area contributed by atoms with E-state index in [2.05, 4.69) is 32.4 Å². The minimum atomic E-state index is -0.400. The number of hydrogen-bond acceptors (Lipinski definition) is 7. The fraction of sp³-hybridized carbons (Fsp3) is 0.588. The molecule has 0 bridgehead atoms. The number of nitrogens with one attached hydrogen (secondary N) is 2. The van der Waals surface area contributed by atoms with Crippen LogP contribution in [-0.2, 0) is 24.1 Å². The maximum absolute atomic E-state index is 12.4. The Labute approximate surface area is 160 Å². The molecule has 2 heterocycles. The van der Waals surface area contributed by atoms with Crippen molar-refractivity contribution >= 4 is 34.1 Å². The minimum absolute atomic E-state index is 0.0745. The molecule has 0 fully saturated rings. The Bertz CT molecular complexity index is 833. The topological polar surface area (TPSA) is 101 Å². The largest absolute Gasteiger partial charge is 0.301 e. The molecule has 3 rings (SSSR count). The number of rotatable bonds is 7. The van der Waals surface area contributed by atoms with Crippen LogP contribution in [0.3, 0.4) is 0 Å². The van der Waals surface area contributed by atoms with Crippen molar-refractivity contribution in [3.63, 3.8) is 0 Å². The number of thioether (sulfide) groups is 1. The predicted octanol–water partition coefficient (Wildman–Crippen LogP) is 2.96. The van der Waals surface area contributed by atoms with Gasteiger partial charge >= 0.3 is 0 Å². The lowest BCUT2D eigenvalue weighted by molar-refractivity contribution is -0.115. The molecular weight excluding hydrogens is 370 g/mol. The third kappa shape index (κ3) is 4.70. The van der Waals surface area contributed by atoms with Crippen molar-refractivity contribution in [3.05, 3.63) is 26.6 Å². The second-order valence-electron chi connectivity index (χ2n) is 6.36. The van der Waals surface area contributed by atoms with Crippen LogP contribution in [-0.4, -0.2) is 31.3 Å².